The molecule has 0 radical (unpaired) electrons. The largest absolute Gasteiger partial charge is 0.329 e. The number of fused-ring (bicyclic) bond motifs is 1. The van der Waals surface area contributed by atoms with Crippen molar-refractivity contribution in [1.82, 2.24) is 19.5 Å². The zero-order chi connectivity index (χ0) is 30.9. The van der Waals surface area contributed by atoms with Gasteiger partial charge in [-0.1, -0.05) is 19.6 Å². The number of sulfone groups is 1. The van der Waals surface area contributed by atoms with E-state index in [2.05, 4.69) is 21.3 Å². The number of aromatic nitrogens is 4. The molecule has 0 aliphatic carbocycles. The number of halogens is 2. The predicted octanol–water partition coefficient (Wildman–Crippen LogP) is 5.60. The molecule has 5 aromatic rings. The Balaban J connectivity index is 1.69. The normalized spacial score (nSPS) is 11.9. The lowest BCUT2D eigenvalue weighted by molar-refractivity contribution is 0.572. The number of nitrogens with zero attached hydrogens (tertiary/aromatic N) is 5. The Bertz CT molecular complexity index is 2070. The lowest BCUT2D eigenvalue weighted by atomic mass is 10.1. The summed E-state index contributed by atoms with van der Waals surface area (Å²) in [5.41, 5.74) is 1.23. The van der Waals surface area contributed by atoms with Gasteiger partial charge in [-0.05, 0) is 48.9 Å². The van der Waals surface area contributed by atoms with E-state index >= 15 is 8.78 Å². The van der Waals surface area contributed by atoms with Gasteiger partial charge in [-0.25, -0.2) is 40.6 Å². The van der Waals surface area contributed by atoms with Crippen molar-refractivity contribution in [2.24, 2.45) is 0 Å². The number of hydrogen-bond donors (Lipinski definition) is 1. The molecule has 3 heterocycles. The fraction of sp³-hybridized carbons (Fsp3) is 0.138. The first-order chi connectivity index (χ1) is 20.5. The summed E-state index contributed by atoms with van der Waals surface area (Å²) in [6, 6.07) is 11.5. The summed E-state index contributed by atoms with van der Waals surface area (Å²) in [5, 5.41) is 0.870. The van der Waals surface area contributed by atoms with Gasteiger partial charge in [-0.15, -0.1) is 0 Å². The summed E-state index contributed by atoms with van der Waals surface area (Å²) in [6.07, 6.45) is 6.17. The molecule has 3 aromatic heterocycles. The molecule has 0 saturated carbocycles. The molecular formula is C29H26F2N6O4S2. The molecule has 2 aromatic carbocycles. The van der Waals surface area contributed by atoms with Crippen molar-refractivity contribution in [3.8, 4) is 16.8 Å². The molecule has 0 aliphatic heterocycles. The molecule has 5 rings (SSSR count). The van der Waals surface area contributed by atoms with Gasteiger partial charge in [0.2, 0.25) is 10.0 Å². The Morgan fingerprint density at radius 1 is 1.05 bits per heavy atom. The number of rotatable bonds is 10. The van der Waals surface area contributed by atoms with Crippen molar-refractivity contribution < 1.29 is 25.6 Å². The van der Waals surface area contributed by atoms with E-state index in [4.69, 9.17) is 4.98 Å². The van der Waals surface area contributed by atoms with E-state index in [-0.39, 0.29) is 10.6 Å². The third-order valence-electron chi connectivity index (χ3n) is 6.65. The summed E-state index contributed by atoms with van der Waals surface area (Å²) in [6.45, 7) is 5.04. The highest BCUT2D eigenvalue weighted by Gasteiger charge is 2.23. The number of anilines is 3. The molecule has 1 N–H and O–H groups in total. The Morgan fingerprint density at radius 3 is 2.49 bits per heavy atom. The van der Waals surface area contributed by atoms with Gasteiger partial charge < -0.3 is 9.47 Å². The summed E-state index contributed by atoms with van der Waals surface area (Å²) < 4.78 is 84.0. The lowest BCUT2D eigenvalue weighted by Gasteiger charge is -2.19. The first-order valence-corrected chi connectivity index (χ1v) is 16.1. The highest BCUT2D eigenvalue weighted by Crippen LogP contribution is 2.36. The van der Waals surface area contributed by atoms with Crippen LogP contribution in [0.5, 0.6) is 0 Å². The SMILES string of the molecule is C=CS(=O)(=O)c1cccc(N(C)c2ccc3c(n2)c(-c2cncnc2)cn3-c2c(F)ccc(NS(=O)(=O)CCC)c2F)c1. The maximum Gasteiger partial charge on any atom is 0.232 e. The third kappa shape index (κ3) is 5.83. The minimum absolute atomic E-state index is 0.0570. The Kier molecular flexibility index (Phi) is 7.99. The molecule has 43 heavy (non-hydrogen) atoms. The molecule has 0 unspecified atom stereocenters. The van der Waals surface area contributed by atoms with Crippen LogP contribution in [0.3, 0.4) is 0 Å². The number of sulfonamides is 1. The van der Waals surface area contributed by atoms with Crippen LogP contribution in [0.2, 0.25) is 0 Å². The van der Waals surface area contributed by atoms with E-state index in [1.165, 1.54) is 41.6 Å². The fourth-order valence-electron chi connectivity index (χ4n) is 4.54. The fourth-order valence-corrected chi connectivity index (χ4v) is 6.42. The summed E-state index contributed by atoms with van der Waals surface area (Å²) >= 11 is 0. The second-order valence-corrected chi connectivity index (χ2v) is 13.3. The molecule has 0 spiro atoms. The van der Waals surface area contributed by atoms with Crippen molar-refractivity contribution in [3.63, 3.8) is 0 Å². The summed E-state index contributed by atoms with van der Waals surface area (Å²) in [5.74, 6) is -1.86. The second-order valence-electron chi connectivity index (χ2n) is 9.52. The average molecular weight is 625 g/mol. The zero-order valence-electron chi connectivity index (χ0n) is 23.1. The molecule has 0 aliphatic rings. The van der Waals surface area contributed by atoms with E-state index in [9.17, 15) is 16.8 Å². The van der Waals surface area contributed by atoms with Gasteiger partial charge in [0.25, 0.3) is 0 Å². The van der Waals surface area contributed by atoms with Crippen LogP contribution in [0.25, 0.3) is 27.8 Å². The first kappa shape index (κ1) is 29.8. The second kappa shape index (κ2) is 11.5. The number of pyridine rings is 1. The van der Waals surface area contributed by atoms with Crippen LogP contribution in [0.4, 0.5) is 26.0 Å². The number of nitrogens with one attached hydrogen (secondary N) is 1. The minimum Gasteiger partial charge on any atom is -0.329 e. The van der Waals surface area contributed by atoms with Crippen molar-refractivity contribution in [2.75, 3.05) is 22.4 Å². The minimum atomic E-state index is -3.85. The van der Waals surface area contributed by atoms with Crippen LogP contribution < -0.4 is 9.62 Å². The zero-order valence-corrected chi connectivity index (χ0v) is 24.7. The maximum absolute atomic E-state index is 15.8. The summed E-state index contributed by atoms with van der Waals surface area (Å²) in [4.78, 5) is 14.6. The van der Waals surface area contributed by atoms with E-state index in [1.807, 2.05) is 0 Å². The highest BCUT2D eigenvalue weighted by molar-refractivity contribution is 7.94. The molecule has 0 saturated heterocycles. The quantitative estimate of drug-likeness (QED) is 0.213. The van der Waals surface area contributed by atoms with E-state index in [0.29, 0.717) is 40.1 Å². The Labute approximate surface area is 247 Å². The van der Waals surface area contributed by atoms with Crippen molar-refractivity contribution in [1.29, 1.82) is 0 Å². The molecule has 0 atom stereocenters. The third-order valence-corrected chi connectivity index (χ3v) is 9.47. The van der Waals surface area contributed by atoms with Gasteiger partial charge in [0.15, 0.2) is 15.7 Å². The van der Waals surface area contributed by atoms with Crippen LogP contribution in [-0.2, 0) is 19.9 Å². The van der Waals surface area contributed by atoms with Crippen LogP contribution >= 0.6 is 0 Å². The van der Waals surface area contributed by atoms with Crippen molar-refractivity contribution in [3.05, 3.63) is 97.1 Å². The van der Waals surface area contributed by atoms with Gasteiger partial charge in [0.05, 0.1) is 27.4 Å². The molecule has 0 amide bonds. The molecule has 10 nitrogen and oxygen atoms in total. The number of hydrogen-bond acceptors (Lipinski definition) is 8. The van der Waals surface area contributed by atoms with Gasteiger partial charge in [0, 0.05) is 47.9 Å². The monoisotopic (exact) mass is 624 g/mol. The van der Waals surface area contributed by atoms with Crippen LogP contribution in [0.15, 0.2) is 90.3 Å². The van der Waals surface area contributed by atoms with Crippen molar-refractivity contribution in [2.45, 2.75) is 18.2 Å². The molecular weight excluding hydrogens is 598 g/mol. The highest BCUT2D eigenvalue weighted by atomic mass is 32.2. The van der Waals surface area contributed by atoms with E-state index in [1.54, 1.807) is 43.1 Å². The van der Waals surface area contributed by atoms with Gasteiger partial charge in [-0.3, -0.25) is 4.72 Å². The Hall–Kier alpha value is -4.69. The average Bonchev–Trinajstić information content (AvgIpc) is 3.37. The molecule has 0 fully saturated rings. The van der Waals surface area contributed by atoms with Crippen LogP contribution in [-0.4, -0.2) is 49.2 Å². The van der Waals surface area contributed by atoms with Gasteiger partial charge >= 0.3 is 0 Å². The van der Waals surface area contributed by atoms with Gasteiger partial charge in [0.1, 0.15) is 23.6 Å². The molecule has 222 valence electrons. The van der Waals surface area contributed by atoms with Crippen LogP contribution in [0.1, 0.15) is 13.3 Å². The smallest absolute Gasteiger partial charge is 0.232 e. The summed E-state index contributed by atoms with van der Waals surface area (Å²) in [7, 11) is -5.84. The lowest BCUT2D eigenvalue weighted by Crippen LogP contribution is -2.18. The van der Waals surface area contributed by atoms with E-state index < -0.39 is 42.9 Å². The predicted molar refractivity (Wildman–Crippen MR) is 162 cm³/mol. The van der Waals surface area contributed by atoms with Crippen LogP contribution in [0, 0.1) is 11.6 Å². The van der Waals surface area contributed by atoms with E-state index in [0.717, 1.165) is 17.5 Å². The molecule has 14 heteroatoms. The standard InChI is InChI=1S/C29H26F2N6O4S2/c1-4-13-43(40,41)35-24-10-9-23(30)29(27(24)31)37-17-22(19-15-32-18-33-16-19)28-25(37)11-12-26(34-28)36(3)20-7-6-8-21(14-20)42(38,39)5-2/h5-12,14-18,35H,2,4,13H2,1,3H3. The van der Waals surface area contributed by atoms with Gasteiger partial charge in [-0.2, -0.15) is 0 Å². The number of benzene rings is 2. The van der Waals surface area contributed by atoms with Crippen molar-refractivity contribution >= 4 is 48.1 Å². The topological polar surface area (TPSA) is 127 Å². The first-order valence-electron chi connectivity index (χ1n) is 12.9. The Morgan fingerprint density at radius 2 is 1.79 bits per heavy atom. The molecule has 0 bridgehead atoms. The maximum atomic E-state index is 15.8.